The smallest absolute Gasteiger partial charge is 0.326 e. The monoisotopic (exact) mass is 914 g/mol. The minimum Gasteiger partial charge on any atom is -0.480 e. The molecule has 9 amide bonds. The fourth-order valence-corrected chi connectivity index (χ4v) is 5.67. The van der Waals surface area contributed by atoms with Gasteiger partial charge in [-0.05, 0) is 12.3 Å². The van der Waals surface area contributed by atoms with Gasteiger partial charge in [-0.3, -0.25) is 43.2 Å². The van der Waals surface area contributed by atoms with Crippen LogP contribution in [0.2, 0.25) is 0 Å². The first-order valence-corrected chi connectivity index (χ1v) is 20.0. The molecule has 28 heteroatoms. The number of carbonyl (C=O) groups excluding carboxylic acids is 9. The summed E-state index contributed by atoms with van der Waals surface area (Å²) in [6.07, 6.45) is 6.78. The van der Waals surface area contributed by atoms with Crippen LogP contribution in [-0.2, 0) is 67.2 Å². The number of nitrogens with two attached hydrogens (primary N) is 2. The van der Waals surface area contributed by atoms with Gasteiger partial charge in [0.05, 0.1) is 51.3 Å². The van der Waals surface area contributed by atoms with Gasteiger partial charge in [0.2, 0.25) is 53.2 Å². The molecule has 0 aliphatic carbocycles. The van der Waals surface area contributed by atoms with Crippen LogP contribution in [0.15, 0.2) is 37.6 Å². The maximum Gasteiger partial charge on any atom is 0.326 e. The molecule has 0 bridgehead atoms. The molecule has 0 aliphatic rings. The van der Waals surface area contributed by atoms with Gasteiger partial charge in [-0.2, -0.15) is 0 Å². The molecule has 0 saturated carbocycles. The lowest BCUT2D eigenvalue weighted by Crippen LogP contribution is -2.57. The van der Waals surface area contributed by atoms with Crippen LogP contribution in [0.3, 0.4) is 0 Å². The summed E-state index contributed by atoms with van der Waals surface area (Å²) in [6.45, 7) is 0.386. The molecule has 3 rings (SSSR count). The van der Waals surface area contributed by atoms with Crippen LogP contribution in [0.5, 0.6) is 0 Å². The fourth-order valence-electron chi connectivity index (χ4n) is 5.67. The molecule has 354 valence electrons. The number of aromatic amines is 3. The maximum absolute atomic E-state index is 13.6. The second kappa shape index (κ2) is 26.0. The van der Waals surface area contributed by atoms with Gasteiger partial charge in [-0.25, -0.2) is 19.7 Å². The number of nitrogens with one attached hydrogen (secondary N) is 11. The number of primary amides is 1. The average molecular weight is 915 g/mol. The second-order valence-corrected chi connectivity index (χ2v) is 14.8. The van der Waals surface area contributed by atoms with Crippen molar-refractivity contribution < 1.29 is 58.2 Å². The number of carboxylic acid groups (broad SMARTS) is 1. The summed E-state index contributed by atoms with van der Waals surface area (Å²) >= 11 is 0. The Hall–Kier alpha value is -7.75. The number of H-pyrrole nitrogens is 3. The van der Waals surface area contributed by atoms with Crippen LogP contribution in [0, 0.1) is 5.92 Å². The number of nitrogens with zero attached hydrogens (tertiary/aromatic N) is 3. The second-order valence-electron chi connectivity index (χ2n) is 14.8. The Labute approximate surface area is 369 Å². The lowest BCUT2D eigenvalue weighted by atomic mass is 10.0. The molecule has 17 N–H and O–H groups in total. The number of aliphatic hydroxyl groups is 1. The van der Waals surface area contributed by atoms with Crippen LogP contribution in [0.4, 0.5) is 0 Å². The minimum atomic E-state index is -1.51. The van der Waals surface area contributed by atoms with E-state index < -0.39 is 128 Å². The summed E-state index contributed by atoms with van der Waals surface area (Å²) in [7, 11) is 0. The van der Waals surface area contributed by atoms with E-state index in [2.05, 4.69) is 72.4 Å². The quantitative estimate of drug-likeness (QED) is 0.0322. The topological polar surface area (TPSA) is 445 Å². The van der Waals surface area contributed by atoms with E-state index in [4.69, 9.17) is 11.5 Å². The van der Waals surface area contributed by atoms with Gasteiger partial charge in [0.25, 0.3) is 0 Å². The fraction of sp³-hybridized carbons (Fsp3) is 0.486. The number of amides is 9. The summed E-state index contributed by atoms with van der Waals surface area (Å²) in [5.74, 6) is -9.55. The van der Waals surface area contributed by atoms with E-state index >= 15 is 0 Å². The molecule has 28 nitrogen and oxygen atoms in total. The van der Waals surface area contributed by atoms with Crippen LogP contribution in [0.1, 0.15) is 43.8 Å². The highest BCUT2D eigenvalue weighted by Crippen LogP contribution is 2.05. The first kappa shape index (κ1) is 51.6. The molecule has 0 spiro atoms. The molecule has 6 atom stereocenters. The molecule has 3 aromatic heterocycles. The Kier molecular flexibility index (Phi) is 20.6. The summed E-state index contributed by atoms with van der Waals surface area (Å²) in [6, 6.07) is -8.07. The highest BCUT2D eigenvalue weighted by molar-refractivity contribution is 5.96. The largest absolute Gasteiger partial charge is 0.480 e. The highest BCUT2D eigenvalue weighted by Gasteiger charge is 2.30. The van der Waals surface area contributed by atoms with Crippen molar-refractivity contribution in [1.82, 2.24) is 72.4 Å². The molecular formula is C37H54N16O12. The number of imidazole rings is 3. The zero-order chi connectivity index (χ0) is 48.1. The van der Waals surface area contributed by atoms with Gasteiger partial charge in [0.1, 0.15) is 30.2 Å². The van der Waals surface area contributed by atoms with Crippen molar-refractivity contribution in [1.29, 1.82) is 0 Å². The van der Waals surface area contributed by atoms with Gasteiger partial charge >= 0.3 is 5.97 Å². The molecule has 0 aliphatic heterocycles. The first-order chi connectivity index (χ1) is 30.9. The summed E-state index contributed by atoms with van der Waals surface area (Å²) in [4.78, 5) is 147. The molecule has 0 radical (unpaired) electrons. The van der Waals surface area contributed by atoms with Gasteiger partial charge in [0.15, 0.2) is 0 Å². The average Bonchev–Trinajstić information content (AvgIpc) is 4.09. The summed E-state index contributed by atoms with van der Waals surface area (Å²) in [5, 5.41) is 37.9. The Bertz CT molecular complexity index is 2080. The van der Waals surface area contributed by atoms with E-state index in [9.17, 15) is 58.2 Å². The molecule has 0 aromatic carbocycles. The predicted molar refractivity (Wildman–Crippen MR) is 222 cm³/mol. The van der Waals surface area contributed by atoms with E-state index in [1.54, 1.807) is 13.8 Å². The van der Waals surface area contributed by atoms with Crippen LogP contribution in [0.25, 0.3) is 0 Å². The number of aromatic nitrogens is 6. The Morgan fingerprint density at radius 2 is 0.954 bits per heavy atom. The molecule has 0 saturated heterocycles. The Balaban J connectivity index is 1.64. The van der Waals surface area contributed by atoms with Crippen LogP contribution >= 0.6 is 0 Å². The Morgan fingerprint density at radius 3 is 1.34 bits per heavy atom. The van der Waals surface area contributed by atoms with Gasteiger partial charge in [-0.1, -0.05) is 13.8 Å². The van der Waals surface area contributed by atoms with Crippen molar-refractivity contribution >= 4 is 59.1 Å². The van der Waals surface area contributed by atoms with Crippen molar-refractivity contribution in [3.63, 3.8) is 0 Å². The molecule has 0 fully saturated rings. The van der Waals surface area contributed by atoms with Crippen molar-refractivity contribution in [2.45, 2.75) is 82.2 Å². The van der Waals surface area contributed by atoms with E-state index in [0.717, 1.165) is 0 Å². The molecule has 65 heavy (non-hydrogen) atoms. The maximum atomic E-state index is 13.6. The zero-order valence-electron chi connectivity index (χ0n) is 35.3. The Morgan fingerprint density at radius 1 is 0.569 bits per heavy atom. The number of carbonyl (C=O) groups is 10. The molecule has 3 heterocycles. The minimum absolute atomic E-state index is 0.134. The number of rotatable bonds is 28. The van der Waals surface area contributed by atoms with Crippen LogP contribution in [-0.4, -0.2) is 162 Å². The lowest BCUT2D eigenvalue weighted by molar-refractivity contribution is -0.141. The third-order valence-electron chi connectivity index (χ3n) is 9.29. The van der Waals surface area contributed by atoms with Gasteiger partial charge < -0.3 is 79.2 Å². The lowest BCUT2D eigenvalue weighted by Gasteiger charge is -2.23. The van der Waals surface area contributed by atoms with Crippen molar-refractivity contribution in [3.8, 4) is 0 Å². The number of aliphatic carboxylic acids is 1. The number of hydrogen-bond acceptors (Lipinski definition) is 15. The van der Waals surface area contributed by atoms with E-state index in [1.165, 1.54) is 37.6 Å². The van der Waals surface area contributed by atoms with E-state index in [-0.39, 0.29) is 31.6 Å². The molecule has 3 aromatic rings. The SMILES string of the molecule is CC(C)[C@H](N)C(=O)N[C@@H](CO)C(=O)NCC(=O)N[C@@H](Cc1cnc[nH]1)C(=O)NCC(=O)N[C@@H](CCC(N)=O)C(=O)N[C@@H](Cc1cnc[nH]1)C(=O)NCC(=O)N[C@@H](Cc1cnc[nH]1)C(=O)O. The standard InChI is InChI=1S/C37H54N16O12/c1-18(2)31(39)36(63)53-26(14-54)34(61)45-12-29(57)50-23(5-19-8-40-15-46-19)32(59)43-11-28(56)49-22(3-4-27(38)55)35(62)52-24(6-20-9-41-16-47-20)33(60)44-13-30(58)51-25(37(64)65)7-21-10-42-17-48-21/h8-10,15-18,22-26,31,54H,3-7,11-14,39H2,1-2H3,(H2,38,55)(H,40,46)(H,41,47)(H,42,48)(H,43,59)(H,44,60)(H,45,61)(H,49,56)(H,50,57)(H,51,58)(H,52,62)(H,53,63)(H,64,65)/t22-,23-,24-,25-,26-,31-/m0/s1. The predicted octanol–water partition coefficient (Wildman–Crippen LogP) is -7.02. The van der Waals surface area contributed by atoms with Gasteiger partial charge in [0, 0.05) is 61.4 Å². The molecule has 0 unspecified atom stereocenters. The first-order valence-electron chi connectivity index (χ1n) is 20.0. The summed E-state index contributed by atoms with van der Waals surface area (Å²) in [5.41, 5.74) is 12.3. The number of hydrogen-bond donors (Lipinski definition) is 15. The van der Waals surface area contributed by atoms with Crippen molar-refractivity contribution in [3.05, 3.63) is 54.7 Å². The highest BCUT2D eigenvalue weighted by atomic mass is 16.4. The van der Waals surface area contributed by atoms with Crippen molar-refractivity contribution in [2.75, 3.05) is 26.2 Å². The molecular weight excluding hydrogens is 861 g/mol. The normalized spacial score (nSPS) is 13.7. The third-order valence-corrected chi connectivity index (χ3v) is 9.29. The third kappa shape index (κ3) is 18.2. The van der Waals surface area contributed by atoms with E-state index in [1.807, 2.05) is 0 Å². The van der Waals surface area contributed by atoms with Crippen molar-refractivity contribution in [2.24, 2.45) is 17.4 Å². The number of carboxylic acids is 1. The van der Waals surface area contributed by atoms with E-state index in [0.29, 0.717) is 17.1 Å². The van der Waals surface area contributed by atoms with Gasteiger partial charge in [-0.15, -0.1) is 0 Å². The van der Waals surface area contributed by atoms with Crippen LogP contribution < -0.4 is 54.0 Å². The number of aliphatic hydroxyl groups excluding tert-OH is 1. The summed E-state index contributed by atoms with van der Waals surface area (Å²) < 4.78 is 0. The zero-order valence-corrected chi connectivity index (χ0v) is 35.3.